The summed E-state index contributed by atoms with van der Waals surface area (Å²) in [5, 5.41) is 1.36. The van der Waals surface area contributed by atoms with Crippen molar-refractivity contribution in [1.82, 2.24) is 4.57 Å². The molecule has 2 atom stereocenters. The van der Waals surface area contributed by atoms with Crippen LogP contribution in [0.3, 0.4) is 0 Å². The molecule has 2 bridgehead atoms. The third-order valence-corrected chi connectivity index (χ3v) is 5.32. The number of hydrogen-bond donors (Lipinski definition) is 0. The molecule has 2 aromatic rings. The lowest BCUT2D eigenvalue weighted by Crippen LogP contribution is -2.39. The van der Waals surface area contributed by atoms with Crippen LogP contribution in [0.1, 0.15) is 24.1 Å². The molecule has 3 aliphatic rings. The van der Waals surface area contributed by atoms with Crippen LogP contribution < -0.4 is 0 Å². The van der Waals surface area contributed by atoms with Gasteiger partial charge in [-0.2, -0.15) is 0 Å². The minimum absolute atomic E-state index is 0.209. The van der Waals surface area contributed by atoms with E-state index < -0.39 is 5.79 Å². The van der Waals surface area contributed by atoms with Gasteiger partial charge in [-0.1, -0.05) is 12.1 Å². The molecule has 1 aliphatic carbocycles. The van der Waals surface area contributed by atoms with Crippen molar-refractivity contribution in [3.63, 3.8) is 0 Å². The molecule has 19 heavy (non-hydrogen) atoms. The summed E-state index contributed by atoms with van der Waals surface area (Å²) in [6.07, 6.45) is 3.48. The summed E-state index contributed by atoms with van der Waals surface area (Å²) < 4.78 is 15.9. The number of aryl methyl sites for hydroxylation is 1. The zero-order chi connectivity index (χ0) is 12.6. The van der Waals surface area contributed by atoms with E-state index in [0.29, 0.717) is 0 Å². The van der Waals surface area contributed by atoms with Crippen LogP contribution in [-0.4, -0.2) is 17.3 Å². The fourth-order valence-corrected chi connectivity index (χ4v) is 4.62. The average molecular weight is 320 g/mol. The number of aromatic nitrogens is 1. The summed E-state index contributed by atoms with van der Waals surface area (Å²) in [7, 11) is 0. The highest BCUT2D eigenvalue weighted by Crippen LogP contribution is 2.51. The Morgan fingerprint density at radius 3 is 3.26 bits per heavy atom. The molecule has 0 amide bonds. The minimum Gasteiger partial charge on any atom is -0.342 e. The molecule has 5 rings (SSSR count). The molecule has 1 saturated heterocycles. The third-order valence-electron chi connectivity index (χ3n) is 4.68. The zero-order valence-electron chi connectivity index (χ0n) is 10.5. The largest absolute Gasteiger partial charge is 0.342 e. The van der Waals surface area contributed by atoms with E-state index in [1.165, 1.54) is 26.6 Å². The van der Waals surface area contributed by atoms with E-state index in [4.69, 9.17) is 9.47 Å². The Bertz CT molecular complexity index is 704. The van der Waals surface area contributed by atoms with E-state index >= 15 is 0 Å². The molecule has 98 valence electrons. The molecule has 0 radical (unpaired) electrons. The molecular weight excluding hydrogens is 306 g/mol. The van der Waals surface area contributed by atoms with Crippen molar-refractivity contribution in [1.29, 1.82) is 0 Å². The van der Waals surface area contributed by atoms with Crippen LogP contribution in [0.4, 0.5) is 0 Å². The summed E-state index contributed by atoms with van der Waals surface area (Å²) in [4.78, 5) is 0. The van der Waals surface area contributed by atoms with Crippen LogP contribution in [-0.2, 0) is 28.2 Å². The van der Waals surface area contributed by atoms with Gasteiger partial charge < -0.3 is 14.0 Å². The van der Waals surface area contributed by atoms with Gasteiger partial charge >= 0.3 is 0 Å². The van der Waals surface area contributed by atoms with Crippen molar-refractivity contribution in [2.24, 2.45) is 0 Å². The predicted octanol–water partition coefficient (Wildman–Crippen LogP) is 3.32. The second kappa shape index (κ2) is 3.43. The second-order valence-electron chi connectivity index (χ2n) is 5.73. The van der Waals surface area contributed by atoms with Crippen molar-refractivity contribution < 1.29 is 9.47 Å². The van der Waals surface area contributed by atoms with Gasteiger partial charge in [0.2, 0.25) is 5.79 Å². The number of halogens is 1. The number of para-hydroxylation sites is 1. The molecule has 1 aromatic heterocycles. The molecular formula is C15H14BrNO2. The topological polar surface area (TPSA) is 23.4 Å². The molecule has 2 aliphatic heterocycles. The van der Waals surface area contributed by atoms with Crippen LogP contribution in [0.2, 0.25) is 0 Å². The van der Waals surface area contributed by atoms with E-state index in [2.05, 4.69) is 38.7 Å². The normalized spacial score (nSPS) is 31.7. The van der Waals surface area contributed by atoms with Gasteiger partial charge in [-0.05, 0) is 40.4 Å². The molecule has 3 nitrogen and oxygen atoms in total. The van der Waals surface area contributed by atoms with E-state index in [1.54, 1.807) is 0 Å². The minimum atomic E-state index is -0.449. The fraction of sp³-hybridized carbons (Fsp3) is 0.467. The van der Waals surface area contributed by atoms with Crippen molar-refractivity contribution in [3.05, 3.63) is 33.9 Å². The van der Waals surface area contributed by atoms with Crippen molar-refractivity contribution in [2.45, 2.75) is 37.7 Å². The smallest absolute Gasteiger partial charge is 0.211 e. The highest BCUT2D eigenvalue weighted by Gasteiger charge is 2.52. The molecule has 1 aromatic carbocycles. The monoisotopic (exact) mass is 319 g/mol. The van der Waals surface area contributed by atoms with Gasteiger partial charge in [0.1, 0.15) is 6.10 Å². The lowest BCUT2D eigenvalue weighted by atomic mass is 9.90. The Labute approximate surface area is 119 Å². The molecule has 3 heterocycles. The molecule has 4 heteroatoms. The Hall–Kier alpha value is -0.840. The molecule has 0 unspecified atom stereocenters. The average Bonchev–Trinajstić information content (AvgIpc) is 2.90. The van der Waals surface area contributed by atoms with Gasteiger partial charge in [-0.3, -0.25) is 0 Å². The van der Waals surface area contributed by atoms with Crippen LogP contribution in [0, 0.1) is 0 Å². The summed E-state index contributed by atoms with van der Waals surface area (Å²) in [6.45, 7) is 1.64. The first kappa shape index (κ1) is 10.9. The quantitative estimate of drug-likeness (QED) is 0.743. The lowest BCUT2D eigenvalue weighted by Gasteiger charge is -2.37. The second-order valence-corrected chi connectivity index (χ2v) is 6.59. The standard InChI is InChI=1S/C15H14BrNO2/c16-12-5-1-3-10-11-4-2-6-15-14(11)17(13(10)12)7-9(19-15)8-18-15/h1,3,5,9H,2,4,6-8H2/t9-,15-/m0/s1. The maximum atomic E-state index is 6.20. The predicted molar refractivity (Wildman–Crippen MR) is 75.1 cm³/mol. The van der Waals surface area contributed by atoms with Gasteiger partial charge in [0.25, 0.3) is 0 Å². The zero-order valence-corrected chi connectivity index (χ0v) is 12.1. The van der Waals surface area contributed by atoms with Gasteiger partial charge in [-0.25, -0.2) is 0 Å². The highest BCUT2D eigenvalue weighted by atomic mass is 79.9. The maximum absolute atomic E-state index is 6.20. The van der Waals surface area contributed by atoms with E-state index in [0.717, 1.165) is 32.4 Å². The van der Waals surface area contributed by atoms with Gasteiger partial charge in [0.05, 0.1) is 24.4 Å². The Balaban J connectivity index is 1.96. The SMILES string of the molecule is Brc1cccc2c3c4n(c12)C[C@H]1CO[C@@]4(CCC3)O1. The number of rotatable bonds is 0. The molecule has 0 N–H and O–H groups in total. The number of benzene rings is 1. The first-order valence-electron chi connectivity index (χ1n) is 6.90. The van der Waals surface area contributed by atoms with Crippen LogP contribution >= 0.6 is 15.9 Å². The van der Waals surface area contributed by atoms with Crippen molar-refractivity contribution >= 4 is 26.8 Å². The molecule has 1 spiro atoms. The van der Waals surface area contributed by atoms with Crippen LogP contribution in [0.25, 0.3) is 10.9 Å². The van der Waals surface area contributed by atoms with Gasteiger partial charge in [-0.15, -0.1) is 0 Å². The summed E-state index contributed by atoms with van der Waals surface area (Å²) in [5.41, 5.74) is 4.04. The highest BCUT2D eigenvalue weighted by molar-refractivity contribution is 9.10. The van der Waals surface area contributed by atoms with Gasteiger partial charge in [0.15, 0.2) is 0 Å². The van der Waals surface area contributed by atoms with Crippen LogP contribution in [0.15, 0.2) is 22.7 Å². The summed E-state index contributed by atoms with van der Waals surface area (Å²) >= 11 is 3.71. The number of fused-ring (bicyclic) bond motifs is 4. The van der Waals surface area contributed by atoms with E-state index in [-0.39, 0.29) is 6.10 Å². The van der Waals surface area contributed by atoms with Crippen LogP contribution in [0.5, 0.6) is 0 Å². The summed E-state index contributed by atoms with van der Waals surface area (Å²) in [5.74, 6) is -0.449. The Morgan fingerprint density at radius 2 is 2.32 bits per heavy atom. The Kier molecular flexibility index (Phi) is 1.96. The number of ether oxygens (including phenoxy) is 2. The Morgan fingerprint density at radius 1 is 1.37 bits per heavy atom. The lowest BCUT2D eigenvalue weighted by molar-refractivity contribution is -0.201. The maximum Gasteiger partial charge on any atom is 0.211 e. The van der Waals surface area contributed by atoms with Crippen molar-refractivity contribution in [3.8, 4) is 0 Å². The first-order chi connectivity index (χ1) is 9.28. The number of nitrogens with zero attached hydrogens (tertiary/aromatic N) is 1. The van der Waals surface area contributed by atoms with E-state index in [1.807, 2.05) is 0 Å². The van der Waals surface area contributed by atoms with Crippen molar-refractivity contribution in [2.75, 3.05) is 6.61 Å². The first-order valence-corrected chi connectivity index (χ1v) is 7.70. The number of hydrogen-bond acceptors (Lipinski definition) is 2. The molecule has 1 fully saturated rings. The fourth-order valence-electron chi connectivity index (χ4n) is 4.04. The summed E-state index contributed by atoms with van der Waals surface area (Å²) in [6, 6.07) is 6.48. The van der Waals surface area contributed by atoms with Gasteiger partial charge in [0, 0.05) is 16.3 Å². The van der Waals surface area contributed by atoms with E-state index in [9.17, 15) is 0 Å². The molecule has 0 saturated carbocycles. The third kappa shape index (κ3) is 1.21.